The Morgan fingerprint density at radius 1 is 1.47 bits per heavy atom. The van der Waals surface area contributed by atoms with Crippen LogP contribution in [0.25, 0.3) is 0 Å². The molecule has 0 aromatic heterocycles. The molecule has 1 atom stereocenters. The molecule has 1 aromatic carbocycles. The van der Waals surface area contributed by atoms with Crippen molar-refractivity contribution < 1.29 is 0 Å². The predicted octanol–water partition coefficient (Wildman–Crippen LogP) is 2.55. The zero-order chi connectivity index (χ0) is 12.1. The van der Waals surface area contributed by atoms with E-state index in [1.165, 1.54) is 34.6 Å². The summed E-state index contributed by atoms with van der Waals surface area (Å²) < 4.78 is 0. The van der Waals surface area contributed by atoms with Gasteiger partial charge in [-0.2, -0.15) is 0 Å². The molecule has 1 heterocycles. The van der Waals surface area contributed by atoms with E-state index in [4.69, 9.17) is 5.73 Å². The summed E-state index contributed by atoms with van der Waals surface area (Å²) in [6.45, 7) is 4.02. The molecule has 0 spiro atoms. The van der Waals surface area contributed by atoms with Crippen LogP contribution < -0.4 is 11.1 Å². The molecule has 0 fully saturated rings. The fourth-order valence-electron chi connectivity index (χ4n) is 2.09. The maximum absolute atomic E-state index is 5.72. The van der Waals surface area contributed by atoms with Gasteiger partial charge in [0.15, 0.2) is 0 Å². The van der Waals surface area contributed by atoms with E-state index in [0.29, 0.717) is 6.04 Å². The van der Waals surface area contributed by atoms with E-state index in [0.717, 1.165) is 19.5 Å². The number of benzene rings is 1. The molecule has 1 aromatic rings. The summed E-state index contributed by atoms with van der Waals surface area (Å²) in [6.07, 6.45) is 3.61. The van der Waals surface area contributed by atoms with E-state index in [2.05, 4.69) is 30.4 Å². The molecule has 2 nitrogen and oxygen atoms in total. The van der Waals surface area contributed by atoms with Crippen molar-refractivity contribution in [2.45, 2.75) is 43.7 Å². The van der Waals surface area contributed by atoms with Gasteiger partial charge in [0.05, 0.1) is 0 Å². The molecule has 3 heteroatoms. The summed E-state index contributed by atoms with van der Waals surface area (Å²) in [6, 6.07) is 7.18. The number of aryl methyl sites for hydroxylation is 1. The maximum atomic E-state index is 5.72. The van der Waals surface area contributed by atoms with E-state index < -0.39 is 0 Å². The van der Waals surface area contributed by atoms with Crippen LogP contribution in [-0.4, -0.2) is 18.3 Å². The lowest BCUT2D eigenvalue weighted by Gasteiger charge is -2.16. The molecule has 0 bridgehead atoms. The lowest BCUT2D eigenvalue weighted by molar-refractivity contribution is 0.588. The standard InChI is InChI=1S/C14H22N2S/c1-11(15)6-7-16-10-12-4-5-14-13(9-12)3-2-8-17-14/h4-5,9,11,16H,2-3,6-8,10,15H2,1H3. The number of hydrogen-bond donors (Lipinski definition) is 2. The van der Waals surface area contributed by atoms with E-state index >= 15 is 0 Å². The van der Waals surface area contributed by atoms with E-state index in [1.54, 1.807) is 0 Å². The molecular weight excluding hydrogens is 228 g/mol. The van der Waals surface area contributed by atoms with E-state index in [-0.39, 0.29) is 0 Å². The molecule has 1 aliphatic heterocycles. The highest BCUT2D eigenvalue weighted by Crippen LogP contribution is 2.30. The third-order valence-electron chi connectivity index (χ3n) is 3.08. The number of rotatable bonds is 5. The zero-order valence-electron chi connectivity index (χ0n) is 10.5. The normalized spacial score (nSPS) is 16.6. The van der Waals surface area contributed by atoms with Gasteiger partial charge in [-0.25, -0.2) is 0 Å². The van der Waals surface area contributed by atoms with Crippen LogP contribution in [0.5, 0.6) is 0 Å². The summed E-state index contributed by atoms with van der Waals surface area (Å²) in [7, 11) is 0. The number of nitrogens with one attached hydrogen (secondary N) is 1. The Labute approximate surface area is 108 Å². The van der Waals surface area contributed by atoms with E-state index in [9.17, 15) is 0 Å². The van der Waals surface area contributed by atoms with Crippen molar-refractivity contribution >= 4 is 11.8 Å². The van der Waals surface area contributed by atoms with Crippen molar-refractivity contribution in [2.24, 2.45) is 5.73 Å². The van der Waals surface area contributed by atoms with Crippen LogP contribution in [0.1, 0.15) is 30.9 Å². The monoisotopic (exact) mass is 250 g/mol. The Bertz CT molecular complexity index is 363. The SMILES string of the molecule is CC(N)CCNCc1ccc2c(c1)CCCS2. The van der Waals surface area contributed by atoms with Crippen LogP contribution in [0.3, 0.4) is 0 Å². The van der Waals surface area contributed by atoms with Gasteiger partial charge in [0.1, 0.15) is 0 Å². The van der Waals surface area contributed by atoms with Crippen LogP contribution >= 0.6 is 11.8 Å². The minimum absolute atomic E-state index is 0.294. The van der Waals surface area contributed by atoms with Gasteiger partial charge in [-0.3, -0.25) is 0 Å². The van der Waals surface area contributed by atoms with Gasteiger partial charge >= 0.3 is 0 Å². The van der Waals surface area contributed by atoms with Crippen molar-refractivity contribution in [2.75, 3.05) is 12.3 Å². The summed E-state index contributed by atoms with van der Waals surface area (Å²) >= 11 is 1.99. The first kappa shape index (κ1) is 12.9. The third-order valence-corrected chi connectivity index (χ3v) is 4.28. The first-order chi connectivity index (χ1) is 8.25. The lowest BCUT2D eigenvalue weighted by Crippen LogP contribution is -2.23. The van der Waals surface area contributed by atoms with Crippen molar-refractivity contribution in [3.63, 3.8) is 0 Å². The highest BCUT2D eigenvalue weighted by molar-refractivity contribution is 7.99. The minimum Gasteiger partial charge on any atom is -0.328 e. The van der Waals surface area contributed by atoms with Gasteiger partial charge < -0.3 is 11.1 Å². The highest BCUT2D eigenvalue weighted by atomic mass is 32.2. The Balaban J connectivity index is 1.85. The second kappa shape index (κ2) is 6.43. The van der Waals surface area contributed by atoms with Crippen molar-refractivity contribution in [1.29, 1.82) is 0 Å². The van der Waals surface area contributed by atoms with Gasteiger partial charge in [-0.05, 0) is 55.7 Å². The molecule has 17 heavy (non-hydrogen) atoms. The van der Waals surface area contributed by atoms with Gasteiger partial charge in [0, 0.05) is 17.5 Å². The second-order valence-electron chi connectivity index (χ2n) is 4.84. The predicted molar refractivity (Wildman–Crippen MR) is 75.5 cm³/mol. The van der Waals surface area contributed by atoms with Crippen LogP contribution in [0, 0.1) is 0 Å². The van der Waals surface area contributed by atoms with Crippen molar-refractivity contribution in [1.82, 2.24) is 5.32 Å². The molecule has 3 N–H and O–H groups in total. The molecular formula is C14H22N2S. The second-order valence-corrected chi connectivity index (χ2v) is 5.97. The fourth-order valence-corrected chi connectivity index (χ4v) is 3.11. The smallest absolute Gasteiger partial charge is 0.0205 e. The molecule has 1 unspecified atom stereocenters. The average Bonchev–Trinajstić information content (AvgIpc) is 2.34. The Morgan fingerprint density at radius 2 is 2.35 bits per heavy atom. The Morgan fingerprint density at radius 3 is 3.18 bits per heavy atom. The Hall–Kier alpha value is -0.510. The van der Waals surface area contributed by atoms with Gasteiger partial charge in [-0.15, -0.1) is 11.8 Å². The topological polar surface area (TPSA) is 38.0 Å². The summed E-state index contributed by atoms with van der Waals surface area (Å²) in [5, 5.41) is 3.45. The summed E-state index contributed by atoms with van der Waals surface area (Å²) in [5.41, 5.74) is 8.65. The van der Waals surface area contributed by atoms with Gasteiger partial charge in [0.2, 0.25) is 0 Å². The average molecular weight is 250 g/mol. The first-order valence-corrected chi connectivity index (χ1v) is 7.45. The van der Waals surface area contributed by atoms with Crippen molar-refractivity contribution in [3.05, 3.63) is 29.3 Å². The van der Waals surface area contributed by atoms with E-state index in [1.807, 2.05) is 11.8 Å². The van der Waals surface area contributed by atoms with Gasteiger partial charge in [0.25, 0.3) is 0 Å². The molecule has 0 saturated heterocycles. The summed E-state index contributed by atoms with van der Waals surface area (Å²) in [5.74, 6) is 1.28. The number of fused-ring (bicyclic) bond motifs is 1. The molecule has 2 rings (SSSR count). The highest BCUT2D eigenvalue weighted by Gasteiger charge is 2.09. The fraction of sp³-hybridized carbons (Fsp3) is 0.571. The Kier molecular flexibility index (Phi) is 4.89. The quantitative estimate of drug-likeness (QED) is 0.789. The molecule has 0 saturated carbocycles. The summed E-state index contributed by atoms with van der Waals surface area (Å²) in [4.78, 5) is 1.48. The maximum Gasteiger partial charge on any atom is 0.0205 e. The molecule has 0 radical (unpaired) electrons. The number of thioether (sulfide) groups is 1. The van der Waals surface area contributed by atoms with Crippen molar-refractivity contribution in [3.8, 4) is 0 Å². The molecule has 0 amide bonds. The lowest BCUT2D eigenvalue weighted by atomic mass is 10.1. The number of hydrogen-bond acceptors (Lipinski definition) is 3. The van der Waals surface area contributed by atoms with Crippen LogP contribution in [0.2, 0.25) is 0 Å². The zero-order valence-corrected chi connectivity index (χ0v) is 11.4. The molecule has 0 aliphatic carbocycles. The molecule has 1 aliphatic rings. The van der Waals surface area contributed by atoms with Crippen LogP contribution in [-0.2, 0) is 13.0 Å². The van der Waals surface area contributed by atoms with Crippen LogP contribution in [0.4, 0.5) is 0 Å². The number of nitrogens with two attached hydrogens (primary N) is 1. The first-order valence-electron chi connectivity index (χ1n) is 6.46. The van der Waals surface area contributed by atoms with Crippen LogP contribution in [0.15, 0.2) is 23.1 Å². The van der Waals surface area contributed by atoms with Gasteiger partial charge in [-0.1, -0.05) is 12.1 Å². The largest absolute Gasteiger partial charge is 0.328 e. The third kappa shape index (κ3) is 4.02. The molecule has 94 valence electrons. The minimum atomic E-state index is 0.294.